The van der Waals surface area contributed by atoms with E-state index in [1.54, 1.807) is 23.6 Å². The van der Waals surface area contributed by atoms with E-state index >= 15 is 0 Å². The predicted molar refractivity (Wildman–Crippen MR) is 83.0 cm³/mol. The third-order valence-corrected chi connectivity index (χ3v) is 4.41. The lowest BCUT2D eigenvalue weighted by atomic mass is 10.2. The standard InChI is InChI=1S/C14H15BrN2O2S/c1-19-14(18)10-2-3-11(17-8-10)9-16-7-6-12-4-5-13(15)20-12/h2-5,8,16H,6-7,9H2,1H3. The van der Waals surface area contributed by atoms with Gasteiger partial charge in [-0.05, 0) is 46.6 Å². The zero-order valence-corrected chi connectivity index (χ0v) is 13.5. The Labute approximate surface area is 130 Å². The maximum Gasteiger partial charge on any atom is 0.339 e. The molecule has 20 heavy (non-hydrogen) atoms. The highest BCUT2D eigenvalue weighted by atomic mass is 79.9. The Balaban J connectivity index is 1.75. The van der Waals surface area contributed by atoms with E-state index in [2.05, 4.69) is 43.1 Å². The highest BCUT2D eigenvalue weighted by Gasteiger charge is 2.05. The van der Waals surface area contributed by atoms with E-state index in [4.69, 9.17) is 0 Å². The lowest BCUT2D eigenvalue weighted by Gasteiger charge is -2.04. The molecule has 0 aliphatic carbocycles. The minimum atomic E-state index is -0.361. The second kappa shape index (κ2) is 7.52. The average Bonchev–Trinajstić information content (AvgIpc) is 2.89. The molecule has 0 aliphatic rings. The summed E-state index contributed by atoms with van der Waals surface area (Å²) in [5.41, 5.74) is 1.38. The summed E-state index contributed by atoms with van der Waals surface area (Å²) in [7, 11) is 1.36. The number of carbonyl (C=O) groups is 1. The van der Waals surface area contributed by atoms with E-state index in [9.17, 15) is 4.79 Å². The van der Waals surface area contributed by atoms with Crippen LogP contribution in [0.2, 0.25) is 0 Å². The molecule has 0 bridgehead atoms. The summed E-state index contributed by atoms with van der Waals surface area (Å²) in [6.07, 6.45) is 2.54. The lowest BCUT2D eigenvalue weighted by molar-refractivity contribution is 0.0600. The number of methoxy groups -OCH3 is 1. The van der Waals surface area contributed by atoms with Crippen LogP contribution in [0.4, 0.5) is 0 Å². The van der Waals surface area contributed by atoms with E-state index in [1.807, 2.05) is 6.07 Å². The summed E-state index contributed by atoms with van der Waals surface area (Å²) in [6, 6.07) is 7.75. The Kier molecular flexibility index (Phi) is 5.70. The van der Waals surface area contributed by atoms with Crippen molar-refractivity contribution in [3.05, 3.63) is 50.4 Å². The molecule has 1 N–H and O–H groups in total. The number of nitrogens with one attached hydrogen (secondary N) is 1. The van der Waals surface area contributed by atoms with E-state index in [-0.39, 0.29) is 5.97 Å². The number of nitrogens with zero attached hydrogens (tertiary/aromatic N) is 1. The van der Waals surface area contributed by atoms with Gasteiger partial charge in [-0.1, -0.05) is 0 Å². The molecule has 0 fully saturated rings. The molecule has 0 aromatic carbocycles. The fraction of sp³-hybridized carbons (Fsp3) is 0.286. The Morgan fingerprint density at radius 1 is 1.40 bits per heavy atom. The normalized spacial score (nSPS) is 10.5. The summed E-state index contributed by atoms with van der Waals surface area (Å²) in [5.74, 6) is -0.361. The first-order valence-corrected chi connectivity index (χ1v) is 7.78. The highest BCUT2D eigenvalue weighted by Crippen LogP contribution is 2.22. The number of aromatic nitrogens is 1. The number of carbonyl (C=O) groups excluding carboxylic acids is 1. The van der Waals surface area contributed by atoms with E-state index in [1.165, 1.54) is 12.0 Å². The van der Waals surface area contributed by atoms with Gasteiger partial charge in [-0.3, -0.25) is 4.98 Å². The smallest absolute Gasteiger partial charge is 0.339 e. The number of pyridine rings is 1. The fourth-order valence-electron chi connectivity index (χ4n) is 1.68. The van der Waals surface area contributed by atoms with Crippen LogP contribution < -0.4 is 5.32 Å². The van der Waals surface area contributed by atoms with Crippen molar-refractivity contribution < 1.29 is 9.53 Å². The Morgan fingerprint density at radius 3 is 2.85 bits per heavy atom. The van der Waals surface area contributed by atoms with Crippen molar-refractivity contribution in [2.24, 2.45) is 0 Å². The van der Waals surface area contributed by atoms with Crippen LogP contribution in [0.15, 0.2) is 34.2 Å². The van der Waals surface area contributed by atoms with Crippen LogP contribution in [0.5, 0.6) is 0 Å². The summed E-state index contributed by atoms with van der Waals surface area (Å²) in [4.78, 5) is 16.8. The molecule has 0 radical (unpaired) electrons. The molecule has 2 aromatic rings. The number of rotatable bonds is 6. The molecule has 4 nitrogen and oxygen atoms in total. The predicted octanol–water partition coefficient (Wildman–Crippen LogP) is 3.02. The van der Waals surface area contributed by atoms with Gasteiger partial charge in [0.15, 0.2) is 0 Å². The van der Waals surface area contributed by atoms with Gasteiger partial charge in [0.2, 0.25) is 0 Å². The molecule has 0 spiro atoms. The number of hydrogen-bond acceptors (Lipinski definition) is 5. The van der Waals surface area contributed by atoms with Gasteiger partial charge in [0, 0.05) is 24.2 Å². The van der Waals surface area contributed by atoms with Crippen molar-refractivity contribution in [3.8, 4) is 0 Å². The zero-order valence-electron chi connectivity index (χ0n) is 11.1. The SMILES string of the molecule is COC(=O)c1ccc(CNCCc2ccc(Br)s2)nc1. The molecule has 6 heteroatoms. The molecule has 0 unspecified atom stereocenters. The first kappa shape index (κ1) is 15.2. The van der Waals surface area contributed by atoms with Crippen molar-refractivity contribution in [2.75, 3.05) is 13.7 Å². The Morgan fingerprint density at radius 2 is 2.25 bits per heavy atom. The van der Waals surface area contributed by atoms with Crippen LogP contribution in [-0.2, 0) is 17.7 Å². The quantitative estimate of drug-likeness (QED) is 0.639. The minimum Gasteiger partial charge on any atom is -0.465 e. The Bertz CT molecular complexity index is 569. The molecular formula is C14H15BrN2O2S. The minimum absolute atomic E-state index is 0.361. The van der Waals surface area contributed by atoms with Crippen LogP contribution in [0.25, 0.3) is 0 Å². The fourth-order valence-corrected chi connectivity index (χ4v) is 3.16. The molecular weight excluding hydrogens is 340 g/mol. The molecule has 0 saturated carbocycles. The maximum atomic E-state index is 11.3. The summed E-state index contributed by atoms with van der Waals surface area (Å²) < 4.78 is 5.79. The number of esters is 1. The molecule has 2 heterocycles. The van der Waals surface area contributed by atoms with E-state index < -0.39 is 0 Å². The van der Waals surface area contributed by atoms with Crippen LogP contribution in [-0.4, -0.2) is 24.6 Å². The number of halogens is 1. The molecule has 0 saturated heterocycles. The molecule has 0 atom stereocenters. The van der Waals surface area contributed by atoms with Crippen molar-refractivity contribution in [3.63, 3.8) is 0 Å². The summed E-state index contributed by atoms with van der Waals surface area (Å²) in [6.45, 7) is 1.58. The van der Waals surface area contributed by atoms with Crippen molar-refractivity contribution in [2.45, 2.75) is 13.0 Å². The molecule has 0 aliphatic heterocycles. The Hall–Kier alpha value is -1.24. The van der Waals surface area contributed by atoms with Crippen LogP contribution in [0, 0.1) is 0 Å². The van der Waals surface area contributed by atoms with Crippen molar-refractivity contribution in [1.82, 2.24) is 10.3 Å². The molecule has 2 aromatic heterocycles. The largest absolute Gasteiger partial charge is 0.465 e. The monoisotopic (exact) mass is 354 g/mol. The maximum absolute atomic E-state index is 11.3. The third kappa shape index (κ3) is 4.40. The number of hydrogen-bond donors (Lipinski definition) is 1. The first-order valence-electron chi connectivity index (χ1n) is 6.17. The molecule has 106 valence electrons. The summed E-state index contributed by atoms with van der Waals surface area (Å²) in [5, 5.41) is 3.33. The van der Waals surface area contributed by atoms with Crippen LogP contribution in [0.3, 0.4) is 0 Å². The highest BCUT2D eigenvalue weighted by molar-refractivity contribution is 9.11. The molecule has 0 amide bonds. The lowest BCUT2D eigenvalue weighted by Crippen LogP contribution is -2.17. The number of thiophene rings is 1. The van der Waals surface area contributed by atoms with E-state index in [0.717, 1.165) is 22.4 Å². The summed E-state index contributed by atoms with van der Waals surface area (Å²) >= 11 is 5.20. The third-order valence-electron chi connectivity index (χ3n) is 2.73. The van der Waals surface area contributed by atoms with Gasteiger partial charge >= 0.3 is 5.97 Å². The van der Waals surface area contributed by atoms with Crippen LogP contribution in [0.1, 0.15) is 20.9 Å². The molecule has 2 rings (SSSR count). The van der Waals surface area contributed by atoms with Gasteiger partial charge in [-0.25, -0.2) is 4.79 Å². The first-order chi connectivity index (χ1) is 9.69. The second-order valence-electron chi connectivity index (χ2n) is 4.16. The van der Waals surface area contributed by atoms with Gasteiger partial charge in [0.25, 0.3) is 0 Å². The number of ether oxygens (including phenoxy) is 1. The van der Waals surface area contributed by atoms with Gasteiger partial charge in [0.05, 0.1) is 22.2 Å². The van der Waals surface area contributed by atoms with Gasteiger partial charge in [0.1, 0.15) is 0 Å². The van der Waals surface area contributed by atoms with Gasteiger partial charge in [-0.2, -0.15) is 0 Å². The average molecular weight is 355 g/mol. The zero-order chi connectivity index (χ0) is 14.4. The van der Waals surface area contributed by atoms with Crippen molar-refractivity contribution in [1.29, 1.82) is 0 Å². The van der Waals surface area contributed by atoms with Crippen molar-refractivity contribution >= 4 is 33.2 Å². The van der Waals surface area contributed by atoms with E-state index in [0.29, 0.717) is 12.1 Å². The van der Waals surface area contributed by atoms with Crippen LogP contribution >= 0.6 is 27.3 Å². The van der Waals surface area contributed by atoms with Gasteiger partial charge in [-0.15, -0.1) is 11.3 Å². The van der Waals surface area contributed by atoms with Gasteiger partial charge < -0.3 is 10.1 Å². The topological polar surface area (TPSA) is 51.2 Å². The second-order valence-corrected chi connectivity index (χ2v) is 6.71.